The number of hydrogen-bond donors (Lipinski definition) is 2. The molecule has 0 aliphatic heterocycles. The average molecular weight is 349 g/mol. The van der Waals surface area contributed by atoms with Gasteiger partial charge in [0, 0.05) is 14.1 Å². The van der Waals surface area contributed by atoms with Gasteiger partial charge in [-0.15, -0.1) is 0 Å². The minimum atomic E-state index is -3.83. The molecule has 0 aliphatic rings. The number of anilines is 1. The fraction of sp³-hybridized carbons (Fsp3) is 0.214. The SMILES string of the molecule is Cc1cc2c(cc1NS(=O)(=O)c1cnc[nH]1)n(C)c(=O)c(=O)n2C. The molecule has 0 unspecified atom stereocenters. The smallest absolute Gasteiger partial charge is 0.316 e. The molecule has 0 atom stereocenters. The highest BCUT2D eigenvalue weighted by atomic mass is 32.2. The summed E-state index contributed by atoms with van der Waals surface area (Å²) in [6.07, 6.45) is 2.46. The summed E-state index contributed by atoms with van der Waals surface area (Å²) in [6, 6.07) is 3.18. The summed E-state index contributed by atoms with van der Waals surface area (Å²) in [4.78, 5) is 30.1. The predicted molar refractivity (Wildman–Crippen MR) is 88.6 cm³/mol. The maximum absolute atomic E-state index is 12.3. The van der Waals surface area contributed by atoms with Crippen LogP contribution < -0.4 is 15.8 Å². The molecule has 0 amide bonds. The first-order valence-corrected chi connectivity index (χ1v) is 8.42. The van der Waals surface area contributed by atoms with Crippen molar-refractivity contribution in [2.75, 3.05) is 4.72 Å². The summed E-state index contributed by atoms with van der Waals surface area (Å²) in [6.45, 7) is 1.71. The van der Waals surface area contributed by atoms with E-state index in [4.69, 9.17) is 0 Å². The zero-order valence-corrected chi connectivity index (χ0v) is 14.0. The van der Waals surface area contributed by atoms with E-state index in [1.54, 1.807) is 13.0 Å². The Kier molecular flexibility index (Phi) is 3.56. The summed E-state index contributed by atoms with van der Waals surface area (Å²) in [5, 5.41) is -0.0728. The number of sulfonamides is 1. The quantitative estimate of drug-likeness (QED) is 0.649. The molecule has 9 nitrogen and oxygen atoms in total. The van der Waals surface area contributed by atoms with Crippen LogP contribution in [-0.4, -0.2) is 27.5 Å². The topological polar surface area (TPSA) is 119 Å². The zero-order chi connectivity index (χ0) is 17.6. The molecule has 2 aromatic heterocycles. The van der Waals surface area contributed by atoms with Crippen molar-refractivity contribution in [3.05, 3.63) is 50.9 Å². The van der Waals surface area contributed by atoms with Gasteiger partial charge in [0.25, 0.3) is 10.0 Å². The molecule has 0 radical (unpaired) electrons. The molecule has 0 saturated carbocycles. The van der Waals surface area contributed by atoms with Crippen molar-refractivity contribution in [1.82, 2.24) is 19.1 Å². The van der Waals surface area contributed by atoms with Gasteiger partial charge in [0.1, 0.15) is 0 Å². The maximum atomic E-state index is 12.3. The Morgan fingerprint density at radius 3 is 2.21 bits per heavy atom. The number of aryl methyl sites for hydroxylation is 3. The Hall–Kier alpha value is -2.88. The van der Waals surface area contributed by atoms with Gasteiger partial charge in [0.2, 0.25) is 0 Å². The zero-order valence-electron chi connectivity index (χ0n) is 13.2. The summed E-state index contributed by atoms with van der Waals surface area (Å²) >= 11 is 0. The van der Waals surface area contributed by atoms with Gasteiger partial charge in [-0.25, -0.2) is 4.98 Å². The highest BCUT2D eigenvalue weighted by molar-refractivity contribution is 7.92. The third-order valence-corrected chi connectivity index (χ3v) is 5.13. The number of aromatic amines is 1. The van der Waals surface area contributed by atoms with Crippen LogP contribution in [-0.2, 0) is 24.1 Å². The van der Waals surface area contributed by atoms with Crippen molar-refractivity contribution in [3.63, 3.8) is 0 Å². The van der Waals surface area contributed by atoms with E-state index in [-0.39, 0.29) is 5.03 Å². The first-order chi connectivity index (χ1) is 11.2. The van der Waals surface area contributed by atoms with Crippen LogP contribution in [0, 0.1) is 6.92 Å². The van der Waals surface area contributed by atoms with Crippen LogP contribution in [0.4, 0.5) is 5.69 Å². The normalized spacial score (nSPS) is 11.8. The van der Waals surface area contributed by atoms with E-state index < -0.39 is 21.1 Å². The number of aromatic nitrogens is 4. The lowest BCUT2D eigenvalue weighted by molar-refractivity contribution is 0.598. The Morgan fingerprint density at radius 2 is 1.67 bits per heavy atom. The van der Waals surface area contributed by atoms with Crippen molar-refractivity contribution >= 4 is 26.7 Å². The van der Waals surface area contributed by atoms with Gasteiger partial charge in [-0.3, -0.25) is 14.3 Å². The molecule has 10 heteroatoms. The molecule has 3 aromatic rings. The van der Waals surface area contributed by atoms with Gasteiger partial charge < -0.3 is 14.1 Å². The minimum Gasteiger partial charge on any atom is -0.334 e. The van der Waals surface area contributed by atoms with E-state index in [1.807, 2.05) is 0 Å². The van der Waals surface area contributed by atoms with E-state index in [1.165, 1.54) is 41.8 Å². The predicted octanol–water partition coefficient (Wildman–Crippen LogP) is 0.0695. The number of fused-ring (bicyclic) bond motifs is 1. The van der Waals surface area contributed by atoms with Gasteiger partial charge in [-0.1, -0.05) is 0 Å². The fourth-order valence-corrected chi connectivity index (χ4v) is 3.45. The molecular weight excluding hydrogens is 334 g/mol. The number of imidazole rings is 1. The van der Waals surface area contributed by atoms with Gasteiger partial charge in [0.15, 0.2) is 5.03 Å². The summed E-state index contributed by atoms with van der Waals surface area (Å²) in [5.74, 6) is 0. The highest BCUT2D eigenvalue weighted by Crippen LogP contribution is 2.23. The van der Waals surface area contributed by atoms with E-state index in [0.29, 0.717) is 22.3 Å². The molecular formula is C14H15N5O4S. The Morgan fingerprint density at radius 1 is 1.08 bits per heavy atom. The lowest BCUT2D eigenvalue weighted by Gasteiger charge is -2.14. The second-order valence-corrected chi connectivity index (χ2v) is 7.06. The lowest BCUT2D eigenvalue weighted by Crippen LogP contribution is -2.39. The van der Waals surface area contributed by atoms with Gasteiger partial charge in [-0.05, 0) is 24.6 Å². The largest absolute Gasteiger partial charge is 0.334 e. The van der Waals surface area contributed by atoms with E-state index in [0.717, 1.165) is 0 Å². The number of nitrogens with one attached hydrogen (secondary N) is 2. The summed E-state index contributed by atoms with van der Waals surface area (Å²) in [7, 11) is -0.860. The maximum Gasteiger partial charge on any atom is 0.316 e. The van der Waals surface area contributed by atoms with Crippen LogP contribution >= 0.6 is 0 Å². The molecule has 0 saturated heterocycles. The van der Waals surface area contributed by atoms with Gasteiger partial charge in [-0.2, -0.15) is 8.42 Å². The summed E-state index contributed by atoms with van der Waals surface area (Å²) in [5.41, 5.74) is 0.565. The van der Waals surface area contributed by atoms with Crippen molar-refractivity contribution in [2.24, 2.45) is 14.1 Å². The van der Waals surface area contributed by atoms with Crippen molar-refractivity contribution in [1.29, 1.82) is 0 Å². The molecule has 0 aliphatic carbocycles. The molecule has 0 spiro atoms. The van der Waals surface area contributed by atoms with Crippen LogP contribution in [0.2, 0.25) is 0 Å². The average Bonchev–Trinajstić information content (AvgIpc) is 3.07. The van der Waals surface area contributed by atoms with E-state index >= 15 is 0 Å². The van der Waals surface area contributed by atoms with Crippen molar-refractivity contribution in [2.45, 2.75) is 11.9 Å². The molecule has 3 rings (SSSR count). The minimum absolute atomic E-state index is 0.0728. The van der Waals surface area contributed by atoms with Crippen molar-refractivity contribution in [3.8, 4) is 0 Å². The van der Waals surface area contributed by atoms with Gasteiger partial charge >= 0.3 is 11.1 Å². The Labute approximate surface area is 136 Å². The first kappa shape index (κ1) is 16.0. The molecule has 126 valence electrons. The second-order valence-electron chi connectivity index (χ2n) is 5.41. The summed E-state index contributed by atoms with van der Waals surface area (Å²) < 4.78 is 29.5. The number of benzene rings is 1. The number of hydrogen-bond acceptors (Lipinski definition) is 5. The Bertz CT molecular complexity index is 1160. The number of H-pyrrole nitrogens is 1. The monoisotopic (exact) mass is 349 g/mol. The number of rotatable bonds is 3. The Balaban J connectivity index is 2.23. The van der Waals surface area contributed by atoms with Gasteiger partial charge in [0.05, 0.1) is 29.2 Å². The molecule has 2 N–H and O–H groups in total. The second kappa shape index (κ2) is 5.34. The van der Waals surface area contributed by atoms with E-state index in [9.17, 15) is 18.0 Å². The van der Waals surface area contributed by atoms with Crippen LogP contribution in [0.25, 0.3) is 11.0 Å². The molecule has 0 bridgehead atoms. The van der Waals surface area contributed by atoms with Crippen molar-refractivity contribution < 1.29 is 8.42 Å². The third kappa shape index (κ3) is 2.40. The van der Waals surface area contributed by atoms with Crippen LogP contribution in [0.15, 0.2) is 39.3 Å². The molecule has 24 heavy (non-hydrogen) atoms. The molecule has 2 heterocycles. The lowest BCUT2D eigenvalue weighted by atomic mass is 10.1. The third-order valence-electron chi connectivity index (χ3n) is 3.84. The van der Waals surface area contributed by atoms with Crippen LogP contribution in [0.1, 0.15) is 5.56 Å². The standard InChI is InChI=1S/C14H15N5O4S/c1-8-4-10-11(19(3)14(21)13(20)18(10)2)5-9(8)17-24(22,23)12-6-15-7-16-12/h4-7,17H,1-3H3,(H,15,16). The first-order valence-electron chi connectivity index (χ1n) is 6.94. The van der Waals surface area contributed by atoms with Crippen LogP contribution in [0.5, 0.6) is 0 Å². The van der Waals surface area contributed by atoms with Crippen LogP contribution in [0.3, 0.4) is 0 Å². The molecule has 0 fully saturated rings. The highest BCUT2D eigenvalue weighted by Gasteiger charge is 2.18. The van der Waals surface area contributed by atoms with E-state index in [2.05, 4.69) is 14.7 Å². The molecule has 1 aromatic carbocycles. The fourth-order valence-electron chi connectivity index (χ4n) is 2.42. The number of nitrogens with zero attached hydrogens (tertiary/aromatic N) is 3.